The van der Waals surface area contributed by atoms with Gasteiger partial charge < -0.3 is 19.3 Å². The van der Waals surface area contributed by atoms with Crippen molar-refractivity contribution in [1.82, 2.24) is 10.1 Å². The van der Waals surface area contributed by atoms with Gasteiger partial charge in [-0.1, -0.05) is 53.7 Å². The van der Waals surface area contributed by atoms with E-state index in [-0.39, 0.29) is 0 Å². The van der Waals surface area contributed by atoms with Gasteiger partial charge in [0, 0.05) is 11.3 Å². The van der Waals surface area contributed by atoms with E-state index in [2.05, 4.69) is 51.9 Å². The largest absolute Gasteiger partial charge is 0.493 e. The lowest BCUT2D eigenvalue weighted by Gasteiger charge is -2.10. The summed E-state index contributed by atoms with van der Waals surface area (Å²) in [5, 5.41) is 7.51. The van der Waals surface area contributed by atoms with Crippen molar-refractivity contribution in [3.8, 4) is 22.9 Å². The number of rotatable bonds is 8. The topological polar surface area (TPSA) is 69.4 Å². The summed E-state index contributed by atoms with van der Waals surface area (Å²) < 4.78 is 16.1. The van der Waals surface area contributed by atoms with E-state index in [0.717, 1.165) is 17.7 Å². The van der Waals surface area contributed by atoms with Crippen molar-refractivity contribution >= 4 is 5.69 Å². The molecule has 4 rings (SSSR count). The number of para-hydroxylation sites is 1. The molecule has 0 fully saturated rings. The van der Waals surface area contributed by atoms with E-state index in [1.165, 1.54) is 11.1 Å². The summed E-state index contributed by atoms with van der Waals surface area (Å²) in [6, 6.07) is 24.2. The van der Waals surface area contributed by atoms with Crippen LogP contribution in [-0.2, 0) is 13.0 Å². The summed E-state index contributed by atoms with van der Waals surface area (Å²) in [4.78, 5) is 4.50. The molecule has 6 nitrogen and oxygen atoms in total. The third-order valence-corrected chi connectivity index (χ3v) is 4.79. The summed E-state index contributed by atoms with van der Waals surface area (Å²) in [6.45, 7) is 0.437. The van der Waals surface area contributed by atoms with Crippen molar-refractivity contribution in [2.24, 2.45) is 0 Å². The first-order valence-electron chi connectivity index (χ1n) is 9.67. The number of methoxy groups -OCH3 is 2. The summed E-state index contributed by atoms with van der Waals surface area (Å²) in [5.41, 5.74) is 4.32. The van der Waals surface area contributed by atoms with Crippen molar-refractivity contribution in [3.63, 3.8) is 0 Å². The second kappa shape index (κ2) is 9.13. The molecule has 0 aliphatic rings. The van der Waals surface area contributed by atoms with E-state index in [4.69, 9.17) is 14.0 Å². The van der Waals surface area contributed by atoms with Gasteiger partial charge in [-0.05, 0) is 41.8 Å². The second-order valence-corrected chi connectivity index (χ2v) is 6.75. The summed E-state index contributed by atoms with van der Waals surface area (Å²) >= 11 is 0. The minimum absolute atomic E-state index is 0.437. The number of ether oxygens (including phenoxy) is 2. The smallest absolute Gasteiger partial charge is 0.246 e. The minimum atomic E-state index is 0.437. The highest BCUT2D eigenvalue weighted by Crippen LogP contribution is 2.31. The van der Waals surface area contributed by atoms with Gasteiger partial charge >= 0.3 is 0 Å². The summed E-state index contributed by atoms with van der Waals surface area (Å²) in [6.07, 6.45) is 0.852. The van der Waals surface area contributed by atoms with Gasteiger partial charge in [0.1, 0.15) is 0 Å². The molecule has 0 saturated carbocycles. The highest BCUT2D eigenvalue weighted by molar-refractivity contribution is 5.60. The van der Waals surface area contributed by atoms with E-state index in [1.54, 1.807) is 14.2 Å². The third-order valence-electron chi connectivity index (χ3n) is 4.79. The van der Waals surface area contributed by atoms with Crippen LogP contribution >= 0.6 is 0 Å². The van der Waals surface area contributed by atoms with Gasteiger partial charge in [0.05, 0.1) is 20.8 Å². The zero-order valence-corrected chi connectivity index (χ0v) is 17.0. The van der Waals surface area contributed by atoms with Crippen LogP contribution in [0.5, 0.6) is 11.5 Å². The van der Waals surface area contributed by atoms with Crippen molar-refractivity contribution in [1.29, 1.82) is 0 Å². The van der Waals surface area contributed by atoms with Crippen molar-refractivity contribution < 1.29 is 14.0 Å². The highest BCUT2D eigenvalue weighted by Gasteiger charge is 2.12. The fourth-order valence-electron chi connectivity index (χ4n) is 3.25. The lowest BCUT2D eigenvalue weighted by molar-refractivity contribution is 0.355. The predicted molar refractivity (Wildman–Crippen MR) is 116 cm³/mol. The average molecular weight is 401 g/mol. The normalized spacial score (nSPS) is 10.6. The molecular weight excluding hydrogens is 378 g/mol. The standard InChI is InChI=1S/C24H23N3O3/c1-28-21-13-12-19(15-22(21)29-2)24-26-23(30-27-24)16-25-20-11-7-6-10-18(20)14-17-8-4-3-5-9-17/h3-13,15,25H,14,16H2,1-2H3. The van der Waals surface area contributed by atoms with Crippen LogP contribution in [0, 0.1) is 0 Å². The molecule has 0 unspecified atom stereocenters. The Morgan fingerprint density at radius 2 is 1.63 bits per heavy atom. The van der Waals surface area contributed by atoms with E-state index in [1.807, 2.05) is 36.4 Å². The van der Waals surface area contributed by atoms with Crippen LogP contribution in [0.2, 0.25) is 0 Å². The van der Waals surface area contributed by atoms with Crippen LogP contribution in [0.4, 0.5) is 5.69 Å². The molecule has 0 bridgehead atoms. The Kier molecular flexibility index (Phi) is 5.94. The van der Waals surface area contributed by atoms with Gasteiger partial charge in [-0.15, -0.1) is 0 Å². The molecule has 152 valence electrons. The molecule has 0 amide bonds. The molecule has 1 heterocycles. The molecular formula is C24H23N3O3. The van der Waals surface area contributed by atoms with Gasteiger partial charge in [-0.2, -0.15) is 4.98 Å². The Hall–Kier alpha value is -3.80. The molecule has 0 radical (unpaired) electrons. The molecule has 0 aliphatic heterocycles. The molecule has 1 N–H and O–H groups in total. The number of anilines is 1. The Morgan fingerprint density at radius 3 is 2.43 bits per heavy atom. The molecule has 1 aromatic heterocycles. The van der Waals surface area contributed by atoms with E-state index < -0.39 is 0 Å². The van der Waals surface area contributed by atoms with Gasteiger partial charge in [0.2, 0.25) is 11.7 Å². The van der Waals surface area contributed by atoms with Gasteiger partial charge in [0.25, 0.3) is 0 Å². The first-order chi connectivity index (χ1) is 14.8. The molecule has 4 aromatic rings. The summed E-state index contributed by atoms with van der Waals surface area (Å²) in [7, 11) is 3.20. The third kappa shape index (κ3) is 4.43. The molecule has 0 spiro atoms. The molecule has 30 heavy (non-hydrogen) atoms. The number of aromatic nitrogens is 2. The number of nitrogens with zero attached hydrogens (tertiary/aromatic N) is 2. The van der Waals surface area contributed by atoms with E-state index >= 15 is 0 Å². The quantitative estimate of drug-likeness (QED) is 0.450. The number of benzene rings is 3. The van der Waals surface area contributed by atoms with Crippen LogP contribution in [0.1, 0.15) is 17.0 Å². The Morgan fingerprint density at radius 1 is 0.867 bits per heavy atom. The number of hydrogen-bond acceptors (Lipinski definition) is 6. The zero-order chi connectivity index (χ0) is 20.8. The van der Waals surface area contributed by atoms with Crippen LogP contribution in [0.25, 0.3) is 11.4 Å². The maximum absolute atomic E-state index is 5.43. The fraction of sp³-hybridized carbons (Fsp3) is 0.167. The number of nitrogens with one attached hydrogen (secondary N) is 1. The molecule has 3 aromatic carbocycles. The SMILES string of the molecule is COc1ccc(-c2noc(CNc3ccccc3Cc3ccccc3)n2)cc1OC. The lowest BCUT2D eigenvalue weighted by Crippen LogP contribution is -2.03. The van der Waals surface area contributed by atoms with Crippen LogP contribution in [0.3, 0.4) is 0 Å². The zero-order valence-electron chi connectivity index (χ0n) is 17.0. The maximum atomic E-state index is 5.43. The Balaban J connectivity index is 1.47. The van der Waals surface area contributed by atoms with Gasteiger partial charge in [-0.25, -0.2) is 0 Å². The first-order valence-corrected chi connectivity index (χ1v) is 9.67. The van der Waals surface area contributed by atoms with Crippen molar-refractivity contribution in [2.75, 3.05) is 19.5 Å². The Bertz CT molecular complexity index is 1110. The van der Waals surface area contributed by atoms with E-state index in [0.29, 0.717) is 29.8 Å². The van der Waals surface area contributed by atoms with E-state index in [9.17, 15) is 0 Å². The highest BCUT2D eigenvalue weighted by atomic mass is 16.5. The second-order valence-electron chi connectivity index (χ2n) is 6.75. The maximum Gasteiger partial charge on any atom is 0.246 e. The van der Waals surface area contributed by atoms with Crippen LogP contribution < -0.4 is 14.8 Å². The fourth-order valence-corrected chi connectivity index (χ4v) is 3.25. The first kappa shape index (κ1) is 19.5. The van der Waals surface area contributed by atoms with Crippen molar-refractivity contribution in [2.45, 2.75) is 13.0 Å². The predicted octanol–water partition coefficient (Wildman–Crippen LogP) is 4.96. The molecule has 6 heteroatoms. The van der Waals surface area contributed by atoms with Crippen LogP contribution in [-0.4, -0.2) is 24.4 Å². The summed E-state index contributed by atoms with van der Waals surface area (Å²) in [5.74, 6) is 2.29. The molecule has 0 aliphatic carbocycles. The van der Waals surface area contributed by atoms with Crippen LogP contribution in [0.15, 0.2) is 77.3 Å². The number of hydrogen-bond donors (Lipinski definition) is 1. The molecule has 0 saturated heterocycles. The van der Waals surface area contributed by atoms with Crippen molar-refractivity contribution in [3.05, 3.63) is 89.8 Å². The molecule has 0 atom stereocenters. The average Bonchev–Trinajstić information content (AvgIpc) is 3.28. The van der Waals surface area contributed by atoms with Gasteiger partial charge in [0.15, 0.2) is 11.5 Å². The monoisotopic (exact) mass is 401 g/mol. The minimum Gasteiger partial charge on any atom is -0.493 e. The Labute approximate surface area is 175 Å². The lowest BCUT2D eigenvalue weighted by atomic mass is 10.0. The van der Waals surface area contributed by atoms with Gasteiger partial charge in [-0.3, -0.25) is 0 Å².